The number of nitrogens with two attached hydrogens (primary N) is 1. The summed E-state index contributed by atoms with van der Waals surface area (Å²) in [5.41, 5.74) is 5.31. The number of hydrogen-bond acceptors (Lipinski definition) is 2. The third-order valence-corrected chi connectivity index (χ3v) is 3.17. The van der Waals surface area contributed by atoms with Crippen molar-refractivity contribution < 1.29 is 18.0 Å². The van der Waals surface area contributed by atoms with Gasteiger partial charge in [-0.05, 0) is 30.2 Å². The summed E-state index contributed by atoms with van der Waals surface area (Å²) in [6.07, 6.45) is -0.951. The normalized spacial score (nSPS) is 19.8. The topological polar surface area (TPSA) is 46.3 Å². The van der Waals surface area contributed by atoms with Crippen LogP contribution in [0.4, 0.5) is 13.2 Å². The van der Waals surface area contributed by atoms with Crippen molar-refractivity contribution in [2.24, 2.45) is 5.73 Å². The van der Waals surface area contributed by atoms with E-state index in [1.807, 2.05) is 0 Å². The molecule has 0 spiro atoms. The third-order valence-electron chi connectivity index (χ3n) is 3.17. The lowest BCUT2D eigenvalue weighted by atomic mass is 10.1. The summed E-state index contributed by atoms with van der Waals surface area (Å²) in [5, 5.41) is 0. The molecule has 1 heterocycles. The summed E-state index contributed by atoms with van der Waals surface area (Å²) in [6, 6.07) is 4.84. The summed E-state index contributed by atoms with van der Waals surface area (Å²) in [7, 11) is 0. The van der Waals surface area contributed by atoms with Gasteiger partial charge in [-0.25, -0.2) is 0 Å². The number of halogens is 3. The second kappa shape index (κ2) is 5.66. The number of likely N-dealkylation sites (tertiary alicyclic amines) is 1. The quantitative estimate of drug-likeness (QED) is 0.847. The van der Waals surface area contributed by atoms with Crippen molar-refractivity contribution in [3.05, 3.63) is 41.5 Å². The molecule has 1 aliphatic rings. The monoisotopic (exact) mass is 284 g/mol. The Morgan fingerprint density at radius 3 is 2.75 bits per heavy atom. The molecule has 0 aromatic heterocycles. The first kappa shape index (κ1) is 14.6. The number of carbonyl (C=O) groups excluding carboxylic acids is 1. The van der Waals surface area contributed by atoms with Crippen molar-refractivity contribution in [3.63, 3.8) is 0 Å². The Morgan fingerprint density at radius 1 is 1.40 bits per heavy atom. The van der Waals surface area contributed by atoms with Crippen LogP contribution in [0.2, 0.25) is 0 Å². The predicted octanol–water partition coefficient (Wildman–Crippen LogP) is 2.28. The summed E-state index contributed by atoms with van der Waals surface area (Å²) in [5.74, 6) is -0.227. The zero-order valence-corrected chi connectivity index (χ0v) is 10.7. The molecule has 20 heavy (non-hydrogen) atoms. The highest BCUT2D eigenvalue weighted by Gasteiger charge is 2.30. The average Bonchev–Trinajstić information content (AvgIpc) is 2.82. The van der Waals surface area contributed by atoms with Crippen molar-refractivity contribution in [2.75, 3.05) is 13.1 Å². The minimum atomic E-state index is -4.38. The van der Waals surface area contributed by atoms with Gasteiger partial charge in [0.1, 0.15) is 0 Å². The van der Waals surface area contributed by atoms with Crippen LogP contribution in [0.1, 0.15) is 17.5 Å². The van der Waals surface area contributed by atoms with E-state index < -0.39 is 11.7 Å². The van der Waals surface area contributed by atoms with Crippen LogP contribution in [0.3, 0.4) is 0 Å². The van der Waals surface area contributed by atoms with Gasteiger partial charge >= 0.3 is 6.18 Å². The highest BCUT2D eigenvalue weighted by Crippen LogP contribution is 2.29. The van der Waals surface area contributed by atoms with Crippen LogP contribution in [-0.2, 0) is 11.0 Å². The first-order valence-electron chi connectivity index (χ1n) is 6.26. The largest absolute Gasteiger partial charge is 0.416 e. The number of rotatable bonds is 2. The zero-order chi connectivity index (χ0) is 14.8. The maximum Gasteiger partial charge on any atom is 0.416 e. The van der Waals surface area contributed by atoms with E-state index in [0.29, 0.717) is 18.7 Å². The van der Waals surface area contributed by atoms with Crippen LogP contribution in [0.15, 0.2) is 30.3 Å². The first-order valence-corrected chi connectivity index (χ1v) is 6.26. The molecule has 1 fully saturated rings. The Morgan fingerprint density at radius 2 is 2.15 bits per heavy atom. The lowest BCUT2D eigenvalue weighted by molar-refractivity contribution is -0.137. The van der Waals surface area contributed by atoms with Crippen LogP contribution in [0, 0.1) is 0 Å². The summed E-state index contributed by atoms with van der Waals surface area (Å²) < 4.78 is 37.6. The molecule has 3 nitrogen and oxygen atoms in total. The van der Waals surface area contributed by atoms with Crippen molar-refractivity contribution in [1.29, 1.82) is 0 Å². The van der Waals surface area contributed by atoms with E-state index in [0.717, 1.165) is 18.6 Å². The molecule has 2 rings (SSSR count). The van der Waals surface area contributed by atoms with Gasteiger partial charge in [0.05, 0.1) is 5.56 Å². The molecular formula is C14H15F3N2O. The van der Waals surface area contributed by atoms with Gasteiger partial charge < -0.3 is 10.6 Å². The van der Waals surface area contributed by atoms with E-state index in [1.54, 1.807) is 4.90 Å². The van der Waals surface area contributed by atoms with E-state index >= 15 is 0 Å². The van der Waals surface area contributed by atoms with E-state index in [1.165, 1.54) is 24.3 Å². The number of amides is 1. The summed E-state index contributed by atoms with van der Waals surface area (Å²) in [6.45, 7) is 1.08. The average molecular weight is 284 g/mol. The first-order chi connectivity index (χ1) is 9.36. The zero-order valence-electron chi connectivity index (χ0n) is 10.7. The molecule has 2 N–H and O–H groups in total. The summed E-state index contributed by atoms with van der Waals surface area (Å²) in [4.78, 5) is 13.4. The fraction of sp³-hybridized carbons (Fsp3) is 0.357. The molecule has 1 aromatic carbocycles. The van der Waals surface area contributed by atoms with Crippen LogP contribution >= 0.6 is 0 Å². The second-order valence-electron chi connectivity index (χ2n) is 4.79. The highest BCUT2D eigenvalue weighted by atomic mass is 19.4. The minimum Gasteiger partial charge on any atom is -0.338 e. The molecule has 1 aromatic rings. The van der Waals surface area contributed by atoms with Crippen LogP contribution in [0.25, 0.3) is 6.08 Å². The van der Waals surface area contributed by atoms with Crippen LogP contribution < -0.4 is 5.73 Å². The SMILES string of the molecule is NC1CCN(C(=O)/C=C/c2cccc(C(F)(F)F)c2)C1. The van der Waals surface area contributed by atoms with E-state index in [4.69, 9.17) is 5.73 Å². The maximum atomic E-state index is 12.5. The fourth-order valence-electron chi connectivity index (χ4n) is 2.08. The molecule has 0 radical (unpaired) electrons. The van der Waals surface area contributed by atoms with Gasteiger partial charge in [-0.3, -0.25) is 4.79 Å². The van der Waals surface area contributed by atoms with Crippen LogP contribution in [0.5, 0.6) is 0 Å². The van der Waals surface area contributed by atoms with Gasteiger partial charge in [0, 0.05) is 25.2 Å². The third kappa shape index (κ3) is 3.60. The maximum absolute atomic E-state index is 12.5. The predicted molar refractivity (Wildman–Crippen MR) is 69.7 cm³/mol. The van der Waals surface area contributed by atoms with Gasteiger partial charge in [0.25, 0.3) is 0 Å². The molecule has 1 amide bonds. The Hall–Kier alpha value is -1.82. The van der Waals surface area contributed by atoms with Crippen molar-refractivity contribution in [3.8, 4) is 0 Å². The molecule has 1 aliphatic heterocycles. The molecule has 108 valence electrons. The van der Waals surface area contributed by atoms with Gasteiger partial charge in [-0.1, -0.05) is 12.1 Å². The van der Waals surface area contributed by atoms with E-state index in [9.17, 15) is 18.0 Å². The van der Waals surface area contributed by atoms with Gasteiger partial charge in [0.2, 0.25) is 5.91 Å². The molecule has 0 aliphatic carbocycles. The summed E-state index contributed by atoms with van der Waals surface area (Å²) >= 11 is 0. The molecule has 0 bridgehead atoms. The van der Waals surface area contributed by atoms with Crippen molar-refractivity contribution >= 4 is 12.0 Å². The fourth-order valence-corrected chi connectivity index (χ4v) is 2.08. The Bertz CT molecular complexity index is 525. The molecule has 1 atom stereocenters. The number of hydrogen-bond donors (Lipinski definition) is 1. The minimum absolute atomic E-state index is 0.0130. The van der Waals surface area contributed by atoms with E-state index in [2.05, 4.69) is 0 Å². The highest BCUT2D eigenvalue weighted by molar-refractivity contribution is 5.92. The van der Waals surface area contributed by atoms with Crippen LogP contribution in [-0.4, -0.2) is 29.9 Å². The molecule has 6 heteroatoms. The van der Waals surface area contributed by atoms with Crippen molar-refractivity contribution in [1.82, 2.24) is 4.90 Å². The molecule has 0 saturated carbocycles. The van der Waals surface area contributed by atoms with E-state index in [-0.39, 0.29) is 11.9 Å². The molecular weight excluding hydrogens is 269 g/mol. The number of alkyl halides is 3. The standard InChI is InChI=1S/C14H15F3N2O/c15-14(16,17)11-3-1-2-10(8-11)4-5-13(20)19-7-6-12(18)9-19/h1-5,8,12H,6-7,9,18H2/b5-4+. The van der Waals surface area contributed by atoms with Gasteiger partial charge in [-0.2, -0.15) is 13.2 Å². The Labute approximate surface area is 114 Å². The molecule has 1 unspecified atom stereocenters. The van der Waals surface area contributed by atoms with Crippen molar-refractivity contribution in [2.45, 2.75) is 18.6 Å². The Balaban J connectivity index is 2.06. The van der Waals surface area contributed by atoms with Gasteiger partial charge in [0.15, 0.2) is 0 Å². The lowest BCUT2D eigenvalue weighted by Gasteiger charge is -2.12. The van der Waals surface area contributed by atoms with Gasteiger partial charge in [-0.15, -0.1) is 0 Å². The number of carbonyl (C=O) groups is 1. The number of nitrogens with zero attached hydrogens (tertiary/aromatic N) is 1. The number of benzene rings is 1. The Kier molecular flexibility index (Phi) is 4.13. The molecule has 1 saturated heterocycles. The second-order valence-corrected chi connectivity index (χ2v) is 4.79. The lowest BCUT2D eigenvalue weighted by Crippen LogP contribution is -2.30. The smallest absolute Gasteiger partial charge is 0.338 e.